The Hall–Kier alpha value is -3.29. The Morgan fingerprint density at radius 2 is 2.11 bits per heavy atom. The maximum absolute atomic E-state index is 13.9. The summed E-state index contributed by atoms with van der Waals surface area (Å²) in [7, 11) is 1.38. The first-order valence-electron chi connectivity index (χ1n) is 8.76. The van der Waals surface area contributed by atoms with Gasteiger partial charge in [-0.2, -0.15) is 4.98 Å². The van der Waals surface area contributed by atoms with Crippen LogP contribution in [-0.2, 0) is 11.3 Å². The van der Waals surface area contributed by atoms with Gasteiger partial charge < -0.3 is 14.2 Å². The molecule has 1 atom stereocenters. The maximum Gasteiger partial charge on any atom is 0.249 e. The van der Waals surface area contributed by atoms with Gasteiger partial charge in [0, 0.05) is 18.5 Å². The van der Waals surface area contributed by atoms with Crippen molar-refractivity contribution in [2.75, 3.05) is 7.11 Å². The number of hydrogen-bond donors (Lipinski definition) is 0. The minimum Gasteiger partial charge on any atom is -0.494 e. The zero-order chi connectivity index (χ0) is 19.7. The normalized spacial score (nSPS) is 16.6. The second-order valence-corrected chi connectivity index (χ2v) is 6.51. The molecule has 8 heteroatoms. The monoisotopic (exact) mass is 385 g/mol. The summed E-state index contributed by atoms with van der Waals surface area (Å²) in [6.45, 7) is 0.246. The summed E-state index contributed by atoms with van der Waals surface area (Å²) >= 11 is 0. The quantitative estimate of drug-likeness (QED) is 0.667. The average molecular weight is 385 g/mol. The van der Waals surface area contributed by atoms with Crippen LogP contribution in [0.1, 0.15) is 30.3 Å². The molecule has 1 amide bonds. The SMILES string of the molecule is COc1ccc(-c2noc(C3CCC(=O)N3Cc3cccc(F)c3)n2)cc1F. The first-order valence-corrected chi connectivity index (χ1v) is 8.76. The molecule has 1 aromatic heterocycles. The second kappa shape index (κ2) is 7.38. The number of benzene rings is 2. The summed E-state index contributed by atoms with van der Waals surface area (Å²) in [5.74, 6) is -0.341. The minimum absolute atomic E-state index is 0.0653. The summed E-state index contributed by atoms with van der Waals surface area (Å²) in [5.41, 5.74) is 1.12. The van der Waals surface area contributed by atoms with E-state index in [4.69, 9.17) is 9.26 Å². The average Bonchev–Trinajstić information content (AvgIpc) is 3.29. The number of amides is 1. The number of nitrogens with zero attached hydrogens (tertiary/aromatic N) is 3. The predicted molar refractivity (Wildman–Crippen MR) is 95.2 cm³/mol. The van der Waals surface area contributed by atoms with Crippen LogP contribution >= 0.6 is 0 Å². The van der Waals surface area contributed by atoms with E-state index in [0.29, 0.717) is 24.0 Å². The van der Waals surface area contributed by atoms with E-state index in [1.54, 1.807) is 23.1 Å². The van der Waals surface area contributed by atoms with Gasteiger partial charge in [-0.3, -0.25) is 4.79 Å². The lowest BCUT2D eigenvalue weighted by Crippen LogP contribution is -2.27. The molecule has 0 radical (unpaired) electrons. The molecule has 1 aliphatic rings. The highest BCUT2D eigenvalue weighted by molar-refractivity contribution is 5.78. The Kier molecular flexibility index (Phi) is 4.77. The molecular formula is C20H17F2N3O3. The molecule has 1 aliphatic heterocycles. The molecule has 2 aromatic carbocycles. The number of carbonyl (C=O) groups is 1. The van der Waals surface area contributed by atoms with Gasteiger partial charge in [0.05, 0.1) is 7.11 Å². The maximum atomic E-state index is 13.9. The number of carbonyl (C=O) groups excluding carboxylic acids is 1. The fourth-order valence-corrected chi connectivity index (χ4v) is 3.31. The molecule has 1 fully saturated rings. The molecule has 4 rings (SSSR count). The van der Waals surface area contributed by atoms with Gasteiger partial charge in [0.25, 0.3) is 0 Å². The summed E-state index contributed by atoms with van der Waals surface area (Å²) < 4.78 is 37.6. The van der Waals surface area contributed by atoms with E-state index in [0.717, 1.165) is 0 Å². The van der Waals surface area contributed by atoms with Crippen molar-refractivity contribution in [3.8, 4) is 17.1 Å². The van der Waals surface area contributed by atoms with E-state index in [-0.39, 0.29) is 35.7 Å². The van der Waals surface area contributed by atoms with E-state index < -0.39 is 11.9 Å². The highest BCUT2D eigenvalue weighted by Gasteiger charge is 2.36. The van der Waals surface area contributed by atoms with Gasteiger partial charge in [-0.25, -0.2) is 8.78 Å². The van der Waals surface area contributed by atoms with Crippen LogP contribution < -0.4 is 4.74 Å². The van der Waals surface area contributed by atoms with Crippen LogP contribution in [0.25, 0.3) is 11.4 Å². The molecule has 0 saturated carbocycles. The van der Waals surface area contributed by atoms with E-state index >= 15 is 0 Å². The van der Waals surface area contributed by atoms with Gasteiger partial charge >= 0.3 is 0 Å². The van der Waals surface area contributed by atoms with Gasteiger partial charge in [-0.1, -0.05) is 17.3 Å². The van der Waals surface area contributed by atoms with Crippen LogP contribution in [0.2, 0.25) is 0 Å². The molecule has 28 heavy (non-hydrogen) atoms. The summed E-state index contributed by atoms with van der Waals surface area (Å²) in [4.78, 5) is 18.3. The number of halogens is 2. The van der Waals surface area contributed by atoms with Gasteiger partial charge in [-0.15, -0.1) is 0 Å². The van der Waals surface area contributed by atoms with Gasteiger partial charge in [0.1, 0.15) is 11.9 Å². The molecular weight excluding hydrogens is 368 g/mol. The van der Waals surface area contributed by atoms with Crippen molar-refractivity contribution >= 4 is 5.91 Å². The Balaban J connectivity index is 1.58. The van der Waals surface area contributed by atoms with Crippen molar-refractivity contribution in [2.45, 2.75) is 25.4 Å². The first-order chi connectivity index (χ1) is 13.5. The molecule has 0 spiro atoms. The van der Waals surface area contributed by atoms with Crippen LogP contribution in [0.5, 0.6) is 5.75 Å². The molecule has 0 aliphatic carbocycles. The van der Waals surface area contributed by atoms with Crippen molar-refractivity contribution in [1.82, 2.24) is 15.0 Å². The van der Waals surface area contributed by atoms with Crippen LogP contribution in [0.3, 0.4) is 0 Å². The molecule has 144 valence electrons. The standard InChI is InChI=1S/C20H17F2N3O3/c1-27-17-7-5-13(10-15(17)22)19-23-20(28-24-19)16-6-8-18(26)25(16)11-12-3-2-4-14(21)9-12/h2-5,7,9-10,16H,6,8,11H2,1H3. The van der Waals surface area contributed by atoms with Crippen LogP contribution in [0, 0.1) is 11.6 Å². The zero-order valence-electron chi connectivity index (χ0n) is 15.1. The Morgan fingerprint density at radius 3 is 2.86 bits per heavy atom. The highest BCUT2D eigenvalue weighted by Crippen LogP contribution is 2.34. The summed E-state index contributed by atoms with van der Waals surface area (Å²) in [5, 5.41) is 3.92. The second-order valence-electron chi connectivity index (χ2n) is 6.51. The lowest BCUT2D eigenvalue weighted by molar-refractivity contribution is -0.130. The molecule has 6 nitrogen and oxygen atoms in total. The van der Waals surface area contributed by atoms with Gasteiger partial charge in [-0.05, 0) is 42.3 Å². The highest BCUT2D eigenvalue weighted by atomic mass is 19.1. The number of hydrogen-bond acceptors (Lipinski definition) is 5. The Labute approximate surface area is 159 Å². The third-order valence-corrected chi connectivity index (χ3v) is 4.71. The number of methoxy groups -OCH3 is 1. The lowest BCUT2D eigenvalue weighted by Gasteiger charge is -2.22. The molecule has 3 aromatic rings. The van der Waals surface area contributed by atoms with Crippen LogP contribution in [0.4, 0.5) is 8.78 Å². The number of aromatic nitrogens is 2. The largest absolute Gasteiger partial charge is 0.494 e. The van der Waals surface area contributed by atoms with Crippen LogP contribution in [0.15, 0.2) is 47.0 Å². The zero-order valence-corrected chi connectivity index (χ0v) is 15.1. The lowest BCUT2D eigenvalue weighted by atomic mass is 10.1. The van der Waals surface area contributed by atoms with E-state index in [1.165, 1.54) is 31.4 Å². The van der Waals surface area contributed by atoms with Crippen LogP contribution in [-0.4, -0.2) is 28.1 Å². The molecule has 1 saturated heterocycles. The smallest absolute Gasteiger partial charge is 0.249 e. The van der Waals surface area contributed by atoms with Crippen molar-refractivity contribution < 1.29 is 22.8 Å². The summed E-state index contributed by atoms with van der Waals surface area (Å²) in [6, 6.07) is 10.1. The summed E-state index contributed by atoms with van der Waals surface area (Å²) in [6.07, 6.45) is 0.863. The topological polar surface area (TPSA) is 68.5 Å². The first kappa shape index (κ1) is 18.1. The molecule has 2 heterocycles. The third kappa shape index (κ3) is 3.45. The van der Waals surface area contributed by atoms with E-state index in [2.05, 4.69) is 10.1 Å². The van der Waals surface area contributed by atoms with Gasteiger partial charge in [0.15, 0.2) is 11.6 Å². The molecule has 0 bridgehead atoms. The predicted octanol–water partition coefficient (Wildman–Crippen LogP) is 3.89. The van der Waals surface area contributed by atoms with Gasteiger partial charge in [0.2, 0.25) is 17.6 Å². The van der Waals surface area contributed by atoms with Crippen molar-refractivity contribution in [1.29, 1.82) is 0 Å². The number of rotatable bonds is 5. The van der Waals surface area contributed by atoms with E-state index in [9.17, 15) is 13.6 Å². The molecule has 0 N–H and O–H groups in total. The minimum atomic E-state index is -0.532. The Bertz CT molecular complexity index is 1020. The third-order valence-electron chi connectivity index (χ3n) is 4.71. The fraction of sp³-hybridized carbons (Fsp3) is 0.250. The van der Waals surface area contributed by atoms with E-state index in [1.807, 2.05) is 0 Å². The fourth-order valence-electron chi connectivity index (χ4n) is 3.31. The Morgan fingerprint density at radius 1 is 1.25 bits per heavy atom. The number of likely N-dealkylation sites (tertiary alicyclic amines) is 1. The van der Waals surface area contributed by atoms with Crippen molar-refractivity contribution in [2.24, 2.45) is 0 Å². The molecule has 1 unspecified atom stereocenters. The van der Waals surface area contributed by atoms with Crippen molar-refractivity contribution in [3.05, 3.63) is 65.6 Å². The number of ether oxygens (including phenoxy) is 1. The van der Waals surface area contributed by atoms with Crippen molar-refractivity contribution in [3.63, 3.8) is 0 Å².